The summed E-state index contributed by atoms with van der Waals surface area (Å²) < 4.78 is 23.4. The van der Waals surface area contributed by atoms with E-state index in [1.165, 1.54) is 0 Å². The van der Waals surface area contributed by atoms with Crippen molar-refractivity contribution in [3.63, 3.8) is 0 Å². The number of benzene rings is 1. The van der Waals surface area contributed by atoms with Gasteiger partial charge in [-0.2, -0.15) is 0 Å². The van der Waals surface area contributed by atoms with Gasteiger partial charge in [-0.15, -0.1) is 0 Å². The molecule has 26 heavy (non-hydrogen) atoms. The lowest BCUT2D eigenvalue weighted by Gasteiger charge is -2.26. The van der Waals surface area contributed by atoms with Gasteiger partial charge >= 0.3 is 0 Å². The van der Waals surface area contributed by atoms with E-state index in [-0.39, 0.29) is 41.7 Å². The lowest BCUT2D eigenvalue weighted by Crippen LogP contribution is -2.42. The third-order valence-corrected chi connectivity index (χ3v) is 7.18. The van der Waals surface area contributed by atoms with E-state index in [1.807, 2.05) is 24.3 Å². The summed E-state index contributed by atoms with van der Waals surface area (Å²) in [5, 5.41) is 0. The first-order chi connectivity index (χ1) is 12.2. The molecular formula is C19H26N2O4S. The van der Waals surface area contributed by atoms with E-state index in [0.29, 0.717) is 13.0 Å². The molecule has 2 atom stereocenters. The van der Waals surface area contributed by atoms with Gasteiger partial charge in [0.1, 0.15) is 0 Å². The van der Waals surface area contributed by atoms with E-state index < -0.39 is 15.8 Å². The number of hydrogen-bond donors (Lipinski definition) is 0. The molecule has 2 amide bonds. The first kappa shape index (κ1) is 18.9. The molecule has 3 rings (SSSR count). The Hall–Kier alpha value is -1.89. The molecule has 0 N–H and O–H groups in total. The van der Waals surface area contributed by atoms with Crippen molar-refractivity contribution >= 4 is 27.3 Å². The molecule has 7 heteroatoms. The lowest BCUT2D eigenvalue weighted by molar-refractivity contribution is -0.136. The van der Waals surface area contributed by atoms with Crippen LogP contribution < -0.4 is 4.90 Å². The van der Waals surface area contributed by atoms with E-state index >= 15 is 0 Å². The zero-order valence-electron chi connectivity index (χ0n) is 15.5. The highest BCUT2D eigenvalue weighted by Gasteiger charge is 2.40. The van der Waals surface area contributed by atoms with Crippen LogP contribution in [-0.2, 0) is 19.4 Å². The van der Waals surface area contributed by atoms with Crippen molar-refractivity contribution in [1.82, 2.24) is 4.90 Å². The Balaban J connectivity index is 1.75. The number of nitrogens with zero attached hydrogens (tertiary/aromatic N) is 2. The predicted octanol–water partition coefficient (Wildman–Crippen LogP) is 1.81. The smallest absolute Gasteiger partial charge is 0.228 e. The van der Waals surface area contributed by atoms with Crippen LogP contribution in [0.2, 0.25) is 0 Å². The molecule has 0 radical (unpaired) electrons. The number of sulfone groups is 1. The van der Waals surface area contributed by atoms with Gasteiger partial charge in [-0.1, -0.05) is 32.0 Å². The Bertz CT molecular complexity index is 819. The summed E-state index contributed by atoms with van der Waals surface area (Å²) in [6.07, 6.45) is 0.653. The number of anilines is 1. The number of rotatable bonds is 4. The van der Waals surface area contributed by atoms with Gasteiger partial charge < -0.3 is 9.80 Å². The zero-order chi connectivity index (χ0) is 19.1. The largest absolute Gasteiger partial charge is 0.341 e. The van der Waals surface area contributed by atoms with Gasteiger partial charge in [0, 0.05) is 31.7 Å². The van der Waals surface area contributed by atoms with Crippen LogP contribution in [0.4, 0.5) is 5.69 Å². The highest BCUT2D eigenvalue weighted by molar-refractivity contribution is 7.91. The maximum Gasteiger partial charge on any atom is 0.228 e. The van der Waals surface area contributed by atoms with Crippen molar-refractivity contribution in [1.29, 1.82) is 0 Å². The fourth-order valence-electron chi connectivity index (χ4n) is 3.88. The summed E-state index contributed by atoms with van der Waals surface area (Å²) in [6.45, 7) is 4.51. The standard InChI is InChI=1S/C19H26N2O4S/c1-13(2)16-6-4-5-7-17(16)21-11-14(10-18(21)22)19(23)20(3)15-8-9-26(24,25)12-15/h4-7,13-15H,8-12H2,1-3H3. The van der Waals surface area contributed by atoms with Crippen LogP contribution in [0.3, 0.4) is 0 Å². The van der Waals surface area contributed by atoms with E-state index in [1.54, 1.807) is 16.8 Å². The molecule has 0 spiro atoms. The molecule has 2 heterocycles. The monoisotopic (exact) mass is 378 g/mol. The molecule has 0 bridgehead atoms. The molecule has 142 valence electrons. The van der Waals surface area contributed by atoms with Gasteiger partial charge in [-0.25, -0.2) is 8.42 Å². The molecule has 0 aromatic heterocycles. The van der Waals surface area contributed by atoms with Crippen LogP contribution in [0.1, 0.15) is 38.2 Å². The molecule has 2 aliphatic rings. The Morgan fingerprint density at radius 2 is 1.96 bits per heavy atom. The quantitative estimate of drug-likeness (QED) is 0.801. The van der Waals surface area contributed by atoms with E-state index in [0.717, 1.165) is 11.3 Å². The van der Waals surface area contributed by atoms with Crippen molar-refractivity contribution in [2.75, 3.05) is 30.0 Å². The van der Waals surface area contributed by atoms with Gasteiger partial charge in [0.15, 0.2) is 9.84 Å². The lowest BCUT2D eigenvalue weighted by atomic mass is 10.0. The van der Waals surface area contributed by atoms with Crippen LogP contribution >= 0.6 is 0 Å². The summed E-state index contributed by atoms with van der Waals surface area (Å²) >= 11 is 0. The zero-order valence-corrected chi connectivity index (χ0v) is 16.3. The highest BCUT2D eigenvalue weighted by Crippen LogP contribution is 2.33. The van der Waals surface area contributed by atoms with Crippen LogP contribution in [-0.4, -0.2) is 56.3 Å². The van der Waals surface area contributed by atoms with Crippen LogP contribution in [0.15, 0.2) is 24.3 Å². The number of hydrogen-bond acceptors (Lipinski definition) is 4. The molecular weight excluding hydrogens is 352 g/mol. The van der Waals surface area contributed by atoms with Crippen molar-refractivity contribution in [3.8, 4) is 0 Å². The highest BCUT2D eigenvalue weighted by atomic mass is 32.2. The van der Waals surface area contributed by atoms with Crippen LogP contribution in [0, 0.1) is 5.92 Å². The van der Waals surface area contributed by atoms with Gasteiger partial charge in [-0.3, -0.25) is 9.59 Å². The second-order valence-corrected chi connectivity index (χ2v) is 9.85. The van der Waals surface area contributed by atoms with E-state index in [4.69, 9.17) is 0 Å². The first-order valence-electron chi connectivity index (χ1n) is 9.06. The summed E-state index contributed by atoms with van der Waals surface area (Å²) in [5.74, 6) is -0.173. The Morgan fingerprint density at radius 3 is 2.58 bits per heavy atom. The molecule has 1 aromatic carbocycles. The average molecular weight is 378 g/mol. The van der Waals surface area contributed by atoms with E-state index in [2.05, 4.69) is 13.8 Å². The maximum absolute atomic E-state index is 12.8. The molecule has 2 unspecified atom stereocenters. The Labute approximate surface area is 155 Å². The predicted molar refractivity (Wildman–Crippen MR) is 101 cm³/mol. The average Bonchev–Trinajstić information content (AvgIpc) is 3.15. The molecule has 2 fully saturated rings. The van der Waals surface area contributed by atoms with Gasteiger partial charge in [0.05, 0.1) is 17.4 Å². The number of carbonyl (C=O) groups excluding carboxylic acids is 2. The molecule has 1 aromatic rings. The molecule has 0 saturated carbocycles. The summed E-state index contributed by atoms with van der Waals surface area (Å²) in [4.78, 5) is 28.7. The molecule has 2 aliphatic heterocycles. The minimum absolute atomic E-state index is 0.0236. The Morgan fingerprint density at radius 1 is 1.27 bits per heavy atom. The summed E-state index contributed by atoms with van der Waals surface area (Å²) in [6, 6.07) is 7.51. The minimum Gasteiger partial charge on any atom is -0.341 e. The number of carbonyl (C=O) groups is 2. The normalized spacial score (nSPS) is 25.1. The molecule has 6 nitrogen and oxygen atoms in total. The van der Waals surface area contributed by atoms with E-state index in [9.17, 15) is 18.0 Å². The Kier molecular flexibility index (Phi) is 5.10. The molecule has 2 saturated heterocycles. The number of amides is 2. The van der Waals surface area contributed by atoms with Crippen molar-refractivity contribution in [2.45, 2.75) is 38.6 Å². The second-order valence-electron chi connectivity index (χ2n) is 7.62. The second kappa shape index (κ2) is 7.02. The summed E-state index contributed by atoms with van der Waals surface area (Å²) in [7, 11) is -1.39. The number of para-hydroxylation sites is 1. The van der Waals surface area contributed by atoms with Gasteiger partial charge in [0.25, 0.3) is 0 Å². The topological polar surface area (TPSA) is 74.8 Å². The maximum atomic E-state index is 12.8. The SMILES string of the molecule is CC(C)c1ccccc1N1CC(C(=O)N(C)C2CCS(=O)(=O)C2)CC1=O. The third kappa shape index (κ3) is 3.63. The first-order valence-corrected chi connectivity index (χ1v) is 10.9. The van der Waals surface area contributed by atoms with Crippen LogP contribution in [0.5, 0.6) is 0 Å². The van der Waals surface area contributed by atoms with Gasteiger partial charge in [-0.05, 0) is 24.0 Å². The van der Waals surface area contributed by atoms with Crippen molar-refractivity contribution in [2.24, 2.45) is 5.92 Å². The summed E-state index contributed by atoms with van der Waals surface area (Å²) in [5.41, 5.74) is 1.96. The minimum atomic E-state index is -3.05. The van der Waals surface area contributed by atoms with Crippen LogP contribution in [0.25, 0.3) is 0 Å². The fourth-order valence-corrected chi connectivity index (χ4v) is 5.65. The molecule has 0 aliphatic carbocycles. The van der Waals surface area contributed by atoms with Gasteiger partial charge in [0.2, 0.25) is 11.8 Å². The fraction of sp³-hybridized carbons (Fsp3) is 0.579. The van der Waals surface area contributed by atoms with Crippen molar-refractivity contribution < 1.29 is 18.0 Å². The third-order valence-electron chi connectivity index (χ3n) is 5.43. The van der Waals surface area contributed by atoms with Crippen molar-refractivity contribution in [3.05, 3.63) is 29.8 Å².